The molecule has 2 fully saturated rings. The lowest BCUT2D eigenvalue weighted by Gasteiger charge is -2.37. The minimum Gasteiger partial charge on any atom is -0.497 e. The maximum atomic E-state index is 13.6. The van der Waals surface area contributed by atoms with Gasteiger partial charge in [-0.2, -0.15) is 4.31 Å². The Hall–Kier alpha value is -2.45. The Morgan fingerprint density at radius 3 is 2.21 bits per heavy atom. The molecule has 2 aromatic carbocycles. The number of carbonyl (C=O) groups is 1. The predicted octanol–water partition coefficient (Wildman–Crippen LogP) is 4.38. The molecule has 0 aliphatic carbocycles. The number of methoxy groups -OCH3 is 1. The van der Waals surface area contributed by atoms with Gasteiger partial charge in [0.2, 0.25) is 15.9 Å². The number of benzene rings is 2. The van der Waals surface area contributed by atoms with Crippen molar-refractivity contribution in [1.29, 1.82) is 0 Å². The number of ether oxygens (including phenoxy) is 1. The van der Waals surface area contributed by atoms with Gasteiger partial charge in [0, 0.05) is 25.6 Å². The van der Waals surface area contributed by atoms with Crippen molar-refractivity contribution >= 4 is 15.9 Å². The fourth-order valence-electron chi connectivity index (χ4n) is 4.88. The van der Waals surface area contributed by atoms with Crippen LogP contribution in [0.1, 0.15) is 50.1 Å². The molecule has 0 radical (unpaired) electrons. The van der Waals surface area contributed by atoms with Crippen molar-refractivity contribution in [3.63, 3.8) is 0 Å². The second kappa shape index (κ2) is 10.2. The Balaban J connectivity index is 1.45. The second-order valence-electron chi connectivity index (χ2n) is 8.80. The summed E-state index contributed by atoms with van der Waals surface area (Å²) in [4.78, 5) is 15.7. The van der Waals surface area contributed by atoms with Crippen molar-refractivity contribution in [2.45, 2.75) is 49.5 Å². The summed E-state index contributed by atoms with van der Waals surface area (Å²) in [6.45, 7) is 1.30. The van der Waals surface area contributed by atoms with Crippen LogP contribution in [0.3, 0.4) is 0 Å². The molecule has 0 spiro atoms. The zero-order valence-corrected chi connectivity index (χ0v) is 19.8. The minimum absolute atomic E-state index is 0.0342. The molecule has 6 nitrogen and oxygen atoms in total. The van der Waals surface area contributed by atoms with Gasteiger partial charge in [0.25, 0.3) is 0 Å². The van der Waals surface area contributed by atoms with Crippen molar-refractivity contribution in [2.24, 2.45) is 5.92 Å². The largest absolute Gasteiger partial charge is 0.497 e. The summed E-state index contributed by atoms with van der Waals surface area (Å²) in [6, 6.07) is 12.9. The first-order valence-electron chi connectivity index (χ1n) is 11.6. The molecule has 2 aliphatic heterocycles. The van der Waals surface area contributed by atoms with Crippen molar-refractivity contribution in [3.8, 4) is 5.75 Å². The number of sulfonamides is 1. The first-order valence-corrected chi connectivity index (χ1v) is 13.0. The Bertz CT molecular complexity index is 1050. The van der Waals surface area contributed by atoms with E-state index in [9.17, 15) is 17.6 Å². The van der Waals surface area contributed by atoms with E-state index in [1.165, 1.54) is 16.4 Å². The van der Waals surface area contributed by atoms with Crippen molar-refractivity contribution in [3.05, 3.63) is 59.9 Å². The van der Waals surface area contributed by atoms with Crippen molar-refractivity contribution < 1.29 is 22.3 Å². The van der Waals surface area contributed by atoms with E-state index in [0.29, 0.717) is 12.8 Å². The van der Waals surface area contributed by atoms with Crippen LogP contribution in [0.25, 0.3) is 0 Å². The number of piperidine rings is 1. The molecule has 0 N–H and O–H groups in total. The van der Waals surface area contributed by atoms with Gasteiger partial charge in [-0.1, -0.05) is 25.0 Å². The molecule has 33 heavy (non-hydrogen) atoms. The first-order chi connectivity index (χ1) is 15.9. The highest BCUT2D eigenvalue weighted by molar-refractivity contribution is 7.89. The smallest absolute Gasteiger partial charge is 0.243 e. The Kier molecular flexibility index (Phi) is 7.34. The topological polar surface area (TPSA) is 66.9 Å². The molecule has 2 aromatic rings. The number of likely N-dealkylation sites (tertiary alicyclic amines) is 1. The third kappa shape index (κ3) is 5.22. The summed E-state index contributed by atoms with van der Waals surface area (Å²) in [5.41, 5.74) is 1.11. The predicted molar refractivity (Wildman–Crippen MR) is 124 cm³/mol. The van der Waals surface area contributed by atoms with Crippen LogP contribution in [-0.4, -0.2) is 50.3 Å². The normalized spacial score (nSPS) is 20.9. The number of amides is 1. The lowest BCUT2D eigenvalue weighted by molar-refractivity contribution is -0.139. The quantitative estimate of drug-likeness (QED) is 0.645. The molecular weight excluding hydrogens is 443 g/mol. The van der Waals surface area contributed by atoms with E-state index < -0.39 is 15.8 Å². The van der Waals surface area contributed by atoms with Gasteiger partial charge in [0.1, 0.15) is 11.6 Å². The number of hydrogen-bond acceptors (Lipinski definition) is 4. The molecule has 0 saturated carbocycles. The van der Waals surface area contributed by atoms with Crippen LogP contribution in [0.4, 0.5) is 4.39 Å². The summed E-state index contributed by atoms with van der Waals surface area (Å²) >= 11 is 0. The Labute approximate surface area is 195 Å². The van der Waals surface area contributed by atoms with Crippen LogP contribution in [-0.2, 0) is 14.8 Å². The highest BCUT2D eigenvalue weighted by atomic mass is 32.2. The molecule has 0 bridgehead atoms. The number of carbonyl (C=O) groups excluding carboxylic acids is 1. The van der Waals surface area contributed by atoms with Crippen LogP contribution in [0, 0.1) is 11.7 Å². The van der Waals surface area contributed by atoms with Gasteiger partial charge >= 0.3 is 0 Å². The standard InChI is InChI=1S/C25H31FN2O4S/c1-32-22-10-6-19(7-11-22)24-5-3-2-4-16-28(24)25(29)20-14-17-27(18-15-20)33(30,31)23-12-8-21(26)9-13-23/h6-13,20,24H,2-5,14-18H2,1H3/t24-/m0/s1. The highest BCUT2D eigenvalue weighted by Crippen LogP contribution is 2.34. The molecule has 2 aliphatic rings. The van der Waals surface area contributed by atoms with Crippen LogP contribution in [0.2, 0.25) is 0 Å². The monoisotopic (exact) mass is 474 g/mol. The molecular formula is C25H31FN2O4S. The maximum Gasteiger partial charge on any atom is 0.243 e. The van der Waals surface area contributed by atoms with E-state index in [-0.39, 0.29) is 35.9 Å². The average Bonchev–Trinajstić information content (AvgIpc) is 3.10. The minimum atomic E-state index is -3.69. The van der Waals surface area contributed by atoms with E-state index in [0.717, 1.165) is 55.7 Å². The van der Waals surface area contributed by atoms with Crippen LogP contribution in [0.15, 0.2) is 53.4 Å². The molecule has 1 amide bonds. The molecule has 8 heteroatoms. The SMILES string of the molecule is COc1ccc([C@@H]2CCCCCN2C(=O)C2CCN(S(=O)(=O)c3ccc(F)cc3)CC2)cc1. The van der Waals surface area contributed by atoms with Crippen LogP contribution >= 0.6 is 0 Å². The second-order valence-corrected chi connectivity index (χ2v) is 10.7. The number of hydrogen-bond donors (Lipinski definition) is 0. The summed E-state index contributed by atoms with van der Waals surface area (Å²) in [5.74, 6) is 0.252. The number of nitrogens with zero attached hydrogens (tertiary/aromatic N) is 2. The number of rotatable bonds is 5. The van der Waals surface area contributed by atoms with Gasteiger partial charge < -0.3 is 9.64 Å². The third-order valence-corrected chi connectivity index (χ3v) is 8.70. The summed E-state index contributed by atoms with van der Waals surface area (Å²) < 4.78 is 45.7. The fourth-order valence-corrected chi connectivity index (χ4v) is 6.35. The molecule has 0 unspecified atom stereocenters. The summed E-state index contributed by atoms with van der Waals surface area (Å²) in [7, 11) is -2.05. The zero-order valence-electron chi connectivity index (χ0n) is 19.0. The van der Waals surface area contributed by atoms with Gasteiger partial charge in [-0.3, -0.25) is 4.79 Å². The van der Waals surface area contributed by atoms with E-state index in [1.54, 1.807) is 7.11 Å². The Morgan fingerprint density at radius 2 is 1.58 bits per heavy atom. The average molecular weight is 475 g/mol. The van der Waals surface area contributed by atoms with Crippen LogP contribution < -0.4 is 4.74 Å². The van der Waals surface area contributed by atoms with Gasteiger partial charge in [0.15, 0.2) is 0 Å². The van der Waals surface area contributed by atoms with Gasteiger partial charge in [-0.05, 0) is 67.6 Å². The van der Waals surface area contributed by atoms with Crippen molar-refractivity contribution in [1.82, 2.24) is 9.21 Å². The first kappa shape index (κ1) is 23.7. The van der Waals surface area contributed by atoms with Gasteiger partial charge in [-0.15, -0.1) is 0 Å². The van der Waals surface area contributed by atoms with Crippen molar-refractivity contribution in [2.75, 3.05) is 26.7 Å². The highest BCUT2D eigenvalue weighted by Gasteiger charge is 2.36. The molecule has 2 saturated heterocycles. The lowest BCUT2D eigenvalue weighted by Crippen LogP contribution is -2.45. The molecule has 4 rings (SSSR count). The van der Waals surface area contributed by atoms with Gasteiger partial charge in [-0.25, -0.2) is 12.8 Å². The van der Waals surface area contributed by atoms with E-state index in [2.05, 4.69) is 0 Å². The third-order valence-electron chi connectivity index (χ3n) is 6.79. The zero-order chi connectivity index (χ0) is 23.4. The maximum absolute atomic E-state index is 13.6. The van der Waals surface area contributed by atoms with Crippen LogP contribution in [0.5, 0.6) is 5.75 Å². The Morgan fingerprint density at radius 1 is 0.909 bits per heavy atom. The molecule has 1 atom stereocenters. The molecule has 178 valence electrons. The molecule has 0 aromatic heterocycles. The summed E-state index contributed by atoms with van der Waals surface area (Å²) in [5, 5.41) is 0. The van der Waals surface area contributed by atoms with Gasteiger partial charge in [0.05, 0.1) is 18.0 Å². The fraction of sp³-hybridized carbons (Fsp3) is 0.480. The number of halogens is 1. The summed E-state index contributed by atoms with van der Waals surface area (Å²) in [6.07, 6.45) is 5.07. The van der Waals surface area contributed by atoms with E-state index in [4.69, 9.17) is 4.74 Å². The molecule has 2 heterocycles. The lowest BCUT2D eigenvalue weighted by atomic mass is 9.94. The van der Waals surface area contributed by atoms with E-state index >= 15 is 0 Å². The van der Waals surface area contributed by atoms with E-state index in [1.807, 2.05) is 29.2 Å².